The minimum atomic E-state index is 0.398. The van der Waals surface area contributed by atoms with E-state index in [2.05, 4.69) is 11.8 Å². The molecule has 2 aliphatic rings. The molecule has 0 amide bonds. The van der Waals surface area contributed by atoms with Crippen molar-refractivity contribution in [3.8, 4) is 0 Å². The Hall–Kier alpha value is -0.0800. The van der Waals surface area contributed by atoms with Crippen molar-refractivity contribution in [1.82, 2.24) is 4.90 Å². The maximum absolute atomic E-state index is 9.10. The van der Waals surface area contributed by atoms with Crippen LogP contribution >= 0.6 is 0 Å². The molecule has 0 spiro atoms. The number of nitrogens with zero attached hydrogens (tertiary/aromatic N) is 1. The van der Waals surface area contributed by atoms with E-state index in [0.29, 0.717) is 12.5 Å². The summed E-state index contributed by atoms with van der Waals surface area (Å²) >= 11 is 0. The summed E-state index contributed by atoms with van der Waals surface area (Å²) < 4.78 is 0. The molecular weight excluding hydrogens is 186 g/mol. The second kappa shape index (κ2) is 5.31. The minimum Gasteiger partial charge on any atom is -0.396 e. The molecule has 1 saturated heterocycles. The van der Waals surface area contributed by atoms with E-state index in [1.165, 1.54) is 51.6 Å². The van der Waals surface area contributed by atoms with Crippen molar-refractivity contribution in [2.45, 2.75) is 51.5 Å². The van der Waals surface area contributed by atoms with Gasteiger partial charge < -0.3 is 10.0 Å². The highest BCUT2D eigenvalue weighted by atomic mass is 16.3. The molecule has 1 aliphatic heterocycles. The molecule has 2 heteroatoms. The summed E-state index contributed by atoms with van der Waals surface area (Å²) in [5, 5.41) is 9.10. The Labute approximate surface area is 93.7 Å². The largest absolute Gasteiger partial charge is 0.396 e. The highest BCUT2D eigenvalue weighted by Crippen LogP contribution is 2.29. The monoisotopic (exact) mass is 211 g/mol. The Morgan fingerprint density at radius 3 is 2.13 bits per heavy atom. The highest BCUT2D eigenvalue weighted by molar-refractivity contribution is 4.81. The molecule has 2 rings (SSSR count). The molecule has 0 bridgehead atoms. The van der Waals surface area contributed by atoms with Crippen LogP contribution in [0.5, 0.6) is 0 Å². The van der Waals surface area contributed by atoms with Crippen molar-refractivity contribution in [3.05, 3.63) is 0 Å². The summed E-state index contributed by atoms with van der Waals surface area (Å²) in [6.07, 6.45) is 8.08. The van der Waals surface area contributed by atoms with Crippen LogP contribution in [0.2, 0.25) is 0 Å². The first kappa shape index (κ1) is 11.4. The van der Waals surface area contributed by atoms with Crippen LogP contribution in [0.15, 0.2) is 0 Å². The molecule has 0 aromatic carbocycles. The molecule has 1 aliphatic carbocycles. The van der Waals surface area contributed by atoms with E-state index in [0.717, 1.165) is 12.0 Å². The van der Waals surface area contributed by atoms with Crippen molar-refractivity contribution >= 4 is 0 Å². The Morgan fingerprint density at radius 1 is 1.00 bits per heavy atom. The molecule has 0 aromatic rings. The highest BCUT2D eigenvalue weighted by Gasteiger charge is 2.27. The normalized spacial score (nSPS) is 35.6. The van der Waals surface area contributed by atoms with Crippen LogP contribution in [0.4, 0.5) is 0 Å². The van der Waals surface area contributed by atoms with Gasteiger partial charge in [-0.3, -0.25) is 0 Å². The summed E-state index contributed by atoms with van der Waals surface area (Å²) in [4.78, 5) is 2.68. The summed E-state index contributed by atoms with van der Waals surface area (Å²) in [6, 6.07) is 0.862. The van der Waals surface area contributed by atoms with Crippen molar-refractivity contribution in [1.29, 1.82) is 0 Å². The minimum absolute atomic E-state index is 0.398. The summed E-state index contributed by atoms with van der Waals surface area (Å²) in [6.45, 7) is 5.23. The van der Waals surface area contributed by atoms with Gasteiger partial charge in [0, 0.05) is 12.6 Å². The lowest BCUT2D eigenvalue weighted by molar-refractivity contribution is 0.0771. The molecule has 15 heavy (non-hydrogen) atoms. The van der Waals surface area contributed by atoms with Crippen LogP contribution in [0.1, 0.15) is 45.4 Å². The van der Waals surface area contributed by atoms with E-state index in [1.54, 1.807) is 0 Å². The Kier molecular flexibility index (Phi) is 4.04. The zero-order valence-electron chi connectivity index (χ0n) is 9.99. The molecule has 1 saturated carbocycles. The SMILES string of the molecule is CC1CCC(N2CCC(CO)CC2)CC1. The van der Waals surface area contributed by atoms with Crippen LogP contribution in [0, 0.1) is 11.8 Å². The van der Waals surface area contributed by atoms with Crippen LogP contribution in [0.25, 0.3) is 0 Å². The van der Waals surface area contributed by atoms with Crippen molar-refractivity contribution < 1.29 is 5.11 Å². The smallest absolute Gasteiger partial charge is 0.0460 e. The van der Waals surface area contributed by atoms with Gasteiger partial charge in [-0.15, -0.1) is 0 Å². The number of aliphatic hydroxyl groups excluding tert-OH is 1. The standard InChI is InChI=1S/C13H25NO/c1-11-2-4-13(5-3-11)14-8-6-12(10-15)7-9-14/h11-13,15H,2-10H2,1H3. The Morgan fingerprint density at radius 2 is 1.60 bits per heavy atom. The fraction of sp³-hybridized carbons (Fsp3) is 1.00. The number of likely N-dealkylation sites (tertiary alicyclic amines) is 1. The molecule has 2 nitrogen and oxygen atoms in total. The van der Waals surface area contributed by atoms with Crippen LogP contribution < -0.4 is 0 Å². The number of aliphatic hydroxyl groups is 1. The van der Waals surface area contributed by atoms with E-state index in [4.69, 9.17) is 5.11 Å². The first-order chi connectivity index (χ1) is 7.29. The van der Waals surface area contributed by atoms with Gasteiger partial charge in [0.05, 0.1) is 0 Å². The van der Waals surface area contributed by atoms with Gasteiger partial charge in [-0.05, 0) is 63.5 Å². The third-order valence-corrected chi connectivity index (χ3v) is 4.41. The lowest BCUT2D eigenvalue weighted by atomic mass is 9.85. The Balaban J connectivity index is 1.75. The summed E-state index contributed by atoms with van der Waals surface area (Å²) in [5.74, 6) is 1.54. The molecule has 0 atom stereocenters. The number of hydrogen-bond donors (Lipinski definition) is 1. The van der Waals surface area contributed by atoms with E-state index >= 15 is 0 Å². The van der Waals surface area contributed by atoms with E-state index < -0.39 is 0 Å². The summed E-state index contributed by atoms with van der Waals surface area (Å²) in [7, 11) is 0. The van der Waals surface area contributed by atoms with Gasteiger partial charge in [0.2, 0.25) is 0 Å². The second-order valence-electron chi connectivity index (χ2n) is 5.58. The average Bonchev–Trinajstić information content (AvgIpc) is 2.30. The Bertz CT molecular complexity index is 179. The zero-order valence-corrected chi connectivity index (χ0v) is 9.99. The van der Waals surface area contributed by atoms with E-state index in [1.807, 2.05) is 0 Å². The van der Waals surface area contributed by atoms with Gasteiger partial charge in [-0.1, -0.05) is 6.92 Å². The zero-order chi connectivity index (χ0) is 10.7. The number of hydrogen-bond acceptors (Lipinski definition) is 2. The molecule has 2 fully saturated rings. The first-order valence-electron chi connectivity index (χ1n) is 6.64. The second-order valence-corrected chi connectivity index (χ2v) is 5.58. The van der Waals surface area contributed by atoms with Crippen molar-refractivity contribution in [3.63, 3.8) is 0 Å². The molecule has 88 valence electrons. The molecular formula is C13H25NO. The molecule has 0 aromatic heterocycles. The average molecular weight is 211 g/mol. The third kappa shape index (κ3) is 2.94. The number of rotatable bonds is 2. The maximum atomic E-state index is 9.10. The third-order valence-electron chi connectivity index (χ3n) is 4.41. The van der Waals surface area contributed by atoms with Gasteiger partial charge in [-0.2, -0.15) is 0 Å². The summed E-state index contributed by atoms with van der Waals surface area (Å²) in [5.41, 5.74) is 0. The van der Waals surface area contributed by atoms with Gasteiger partial charge in [-0.25, -0.2) is 0 Å². The lowest BCUT2D eigenvalue weighted by Gasteiger charge is -2.40. The predicted octanol–water partition coefficient (Wildman–Crippen LogP) is 2.27. The van der Waals surface area contributed by atoms with Gasteiger partial charge in [0.25, 0.3) is 0 Å². The van der Waals surface area contributed by atoms with Gasteiger partial charge in [0.15, 0.2) is 0 Å². The molecule has 1 heterocycles. The van der Waals surface area contributed by atoms with Crippen LogP contribution in [-0.4, -0.2) is 35.7 Å². The van der Waals surface area contributed by atoms with Gasteiger partial charge in [0.1, 0.15) is 0 Å². The predicted molar refractivity (Wildman–Crippen MR) is 62.8 cm³/mol. The first-order valence-corrected chi connectivity index (χ1v) is 6.64. The maximum Gasteiger partial charge on any atom is 0.0460 e. The lowest BCUT2D eigenvalue weighted by Crippen LogP contribution is -2.43. The van der Waals surface area contributed by atoms with Crippen LogP contribution in [0.3, 0.4) is 0 Å². The fourth-order valence-corrected chi connectivity index (χ4v) is 3.11. The van der Waals surface area contributed by atoms with E-state index in [-0.39, 0.29) is 0 Å². The van der Waals surface area contributed by atoms with E-state index in [9.17, 15) is 0 Å². The van der Waals surface area contributed by atoms with Gasteiger partial charge >= 0.3 is 0 Å². The molecule has 0 radical (unpaired) electrons. The quantitative estimate of drug-likeness (QED) is 0.757. The number of piperidine rings is 1. The topological polar surface area (TPSA) is 23.5 Å². The van der Waals surface area contributed by atoms with Crippen molar-refractivity contribution in [2.75, 3.05) is 19.7 Å². The molecule has 0 unspecified atom stereocenters. The molecule has 1 N–H and O–H groups in total. The van der Waals surface area contributed by atoms with Crippen molar-refractivity contribution in [2.24, 2.45) is 11.8 Å². The fourth-order valence-electron chi connectivity index (χ4n) is 3.11. The van der Waals surface area contributed by atoms with Crippen LogP contribution in [-0.2, 0) is 0 Å².